The molecule has 1 aromatic carbocycles. The van der Waals surface area contributed by atoms with Gasteiger partial charge in [0.2, 0.25) is 5.91 Å². The van der Waals surface area contributed by atoms with E-state index >= 15 is 0 Å². The van der Waals surface area contributed by atoms with Crippen LogP contribution in [0.15, 0.2) is 24.3 Å². The van der Waals surface area contributed by atoms with Crippen LogP contribution in [-0.2, 0) is 17.6 Å². The van der Waals surface area contributed by atoms with E-state index in [1.807, 2.05) is 31.2 Å². The first-order valence-corrected chi connectivity index (χ1v) is 7.87. The Bertz CT molecular complexity index is 552. The van der Waals surface area contributed by atoms with Crippen LogP contribution in [0.3, 0.4) is 0 Å². The SMILES string of the molecule is CCc1ccc(CCC(N2NC(=O)CC2(C)C)C(F)(F)F)cc1. The van der Waals surface area contributed by atoms with Crippen molar-refractivity contribution in [2.24, 2.45) is 0 Å². The van der Waals surface area contributed by atoms with Crippen LogP contribution >= 0.6 is 0 Å². The minimum Gasteiger partial charge on any atom is -0.288 e. The van der Waals surface area contributed by atoms with E-state index < -0.39 is 17.8 Å². The molecular formula is C17H23F3N2O. The largest absolute Gasteiger partial charge is 0.405 e. The number of hydrazine groups is 1. The highest BCUT2D eigenvalue weighted by molar-refractivity contribution is 5.78. The van der Waals surface area contributed by atoms with E-state index in [-0.39, 0.29) is 18.7 Å². The van der Waals surface area contributed by atoms with Gasteiger partial charge in [-0.3, -0.25) is 10.2 Å². The molecule has 1 atom stereocenters. The van der Waals surface area contributed by atoms with Crippen molar-refractivity contribution in [3.63, 3.8) is 0 Å². The number of amides is 1. The molecule has 2 rings (SSSR count). The van der Waals surface area contributed by atoms with Crippen LogP contribution in [0, 0.1) is 0 Å². The molecule has 1 N–H and O–H groups in total. The van der Waals surface area contributed by atoms with Crippen molar-refractivity contribution in [2.45, 2.75) is 64.2 Å². The highest BCUT2D eigenvalue weighted by Crippen LogP contribution is 2.35. The van der Waals surface area contributed by atoms with Crippen molar-refractivity contribution in [2.75, 3.05) is 0 Å². The van der Waals surface area contributed by atoms with Crippen LogP contribution in [-0.4, -0.2) is 28.7 Å². The average molecular weight is 328 g/mol. The molecule has 1 aliphatic rings. The topological polar surface area (TPSA) is 32.3 Å². The summed E-state index contributed by atoms with van der Waals surface area (Å²) in [6, 6.07) is 5.95. The number of aryl methyl sites for hydroxylation is 2. The number of nitrogens with one attached hydrogen (secondary N) is 1. The Morgan fingerprint density at radius 2 is 1.78 bits per heavy atom. The van der Waals surface area contributed by atoms with Gasteiger partial charge in [-0.25, -0.2) is 5.01 Å². The lowest BCUT2D eigenvalue weighted by molar-refractivity contribution is -0.202. The molecule has 128 valence electrons. The monoisotopic (exact) mass is 328 g/mol. The number of rotatable bonds is 5. The Kier molecular flexibility index (Phi) is 5.04. The van der Waals surface area contributed by atoms with Gasteiger partial charge in [-0.1, -0.05) is 31.2 Å². The Hall–Kier alpha value is -1.56. The number of carbonyl (C=O) groups excluding carboxylic acids is 1. The summed E-state index contributed by atoms with van der Waals surface area (Å²) >= 11 is 0. The number of hydrogen-bond acceptors (Lipinski definition) is 2. The Balaban J connectivity index is 2.12. The van der Waals surface area contributed by atoms with Crippen molar-refractivity contribution in [1.29, 1.82) is 0 Å². The molecule has 0 aliphatic carbocycles. The number of benzene rings is 1. The molecule has 1 saturated heterocycles. The summed E-state index contributed by atoms with van der Waals surface area (Å²) in [5.74, 6) is -0.364. The molecular weight excluding hydrogens is 305 g/mol. The fourth-order valence-corrected chi connectivity index (χ4v) is 2.99. The highest BCUT2D eigenvalue weighted by atomic mass is 19.4. The third-order valence-corrected chi connectivity index (χ3v) is 4.32. The van der Waals surface area contributed by atoms with Gasteiger partial charge in [0.05, 0.1) is 0 Å². The standard InChI is InChI=1S/C17H23F3N2O/c1-4-12-5-7-13(8-6-12)9-10-14(17(18,19)20)22-16(2,3)11-15(23)21-22/h5-8,14H,4,9-11H2,1-3H3,(H,21,23). The third kappa shape index (κ3) is 4.25. The summed E-state index contributed by atoms with van der Waals surface area (Å²) < 4.78 is 40.4. The molecule has 1 aromatic rings. The molecule has 0 saturated carbocycles. The smallest absolute Gasteiger partial charge is 0.288 e. The van der Waals surface area contributed by atoms with Crippen LogP contribution in [0.2, 0.25) is 0 Å². The predicted octanol–water partition coefficient (Wildman–Crippen LogP) is 3.63. The van der Waals surface area contributed by atoms with Crippen molar-refractivity contribution in [3.05, 3.63) is 35.4 Å². The van der Waals surface area contributed by atoms with E-state index in [4.69, 9.17) is 0 Å². The van der Waals surface area contributed by atoms with Crippen molar-refractivity contribution >= 4 is 5.91 Å². The zero-order valence-corrected chi connectivity index (χ0v) is 13.7. The summed E-state index contributed by atoms with van der Waals surface area (Å²) in [4.78, 5) is 11.5. The molecule has 6 heteroatoms. The summed E-state index contributed by atoms with van der Waals surface area (Å²) in [5, 5.41) is 1.08. The first-order chi connectivity index (χ1) is 10.6. The van der Waals surface area contributed by atoms with E-state index in [0.29, 0.717) is 6.42 Å². The molecule has 3 nitrogen and oxygen atoms in total. The van der Waals surface area contributed by atoms with Crippen LogP contribution < -0.4 is 5.43 Å². The summed E-state index contributed by atoms with van der Waals surface area (Å²) in [6.45, 7) is 5.34. The first-order valence-electron chi connectivity index (χ1n) is 7.87. The molecule has 0 radical (unpaired) electrons. The fourth-order valence-electron chi connectivity index (χ4n) is 2.99. The minimum atomic E-state index is -4.39. The second-order valence-electron chi connectivity index (χ2n) is 6.66. The molecule has 1 amide bonds. The Morgan fingerprint density at radius 3 is 2.22 bits per heavy atom. The van der Waals surface area contributed by atoms with Crippen LogP contribution in [0.4, 0.5) is 13.2 Å². The molecule has 1 unspecified atom stereocenters. The van der Waals surface area contributed by atoms with Crippen molar-refractivity contribution < 1.29 is 18.0 Å². The number of alkyl halides is 3. The maximum Gasteiger partial charge on any atom is 0.405 e. The van der Waals surface area contributed by atoms with Crippen molar-refractivity contribution in [1.82, 2.24) is 10.4 Å². The summed E-state index contributed by atoms with van der Waals surface area (Å²) in [7, 11) is 0. The van der Waals surface area contributed by atoms with Crippen LogP contribution in [0.25, 0.3) is 0 Å². The van der Waals surface area contributed by atoms with Crippen molar-refractivity contribution in [3.8, 4) is 0 Å². The van der Waals surface area contributed by atoms with Gasteiger partial charge < -0.3 is 0 Å². The quantitative estimate of drug-likeness (QED) is 0.895. The predicted molar refractivity (Wildman–Crippen MR) is 82.7 cm³/mol. The Labute approximate surface area is 134 Å². The molecule has 1 aliphatic heterocycles. The Morgan fingerprint density at radius 1 is 1.22 bits per heavy atom. The molecule has 1 heterocycles. The molecule has 0 aromatic heterocycles. The number of hydrogen-bond donors (Lipinski definition) is 1. The van der Waals surface area contributed by atoms with Gasteiger partial charge in [-0.2, -0.15) is 13.2 Å². The first kappa shape index (κ1) is 17.8. The second-order valence-corrected chi connectivity index (χ2v) is 6.66. The molecule has 23 heavy (non-hydrogen) atoms. The molecule has 0 spiro atoms. The van der Waals surface area contributed by atoms with Gasteiger partial charge in [0, 0.05) is 12.0 Å². The van der Waals surface area contributed by atoms with Gasteiger partial charge in [-0.15, -0.1) is 0 Å². The summed E-state index contributed by atoms with van der Waals surface area (Å²) in [5.41, 5.74) is 3.57. The van der Waals surface area contributed by atoms with Gasteiger partial charge in [0.25, 0.3) is 0 Å². The van der Waals surface area contributed by atoms with Gasteiger partial charge in [0.1, 0.15) is 6.04 Å². The zero-order chi connectivity index (χ0) is 17.3. The molecule has 1 fully saturated rings. The maximum atomic E-state index is 13.5. The van der Waals surface area contributed by atoms with Gasteiger partial charge in [0.15, 0.2) is 0 Å². The number of halogens is 3. The third-order valence-electron chi connectivity index (χ3n) is 4.32. The normalized spacial score (nSPS) is 19.7. The van der Waals surface area contributed by atoms with E-state index in [2.05, 4.69) is 5.43 Å². The second kappa shape index (κ2) is 6.51. The minimum absolute atomic E-state index is 0.0742. The van der Waals surface area contributed by atoms with E-state index in [1.165, 1.54) is 0 Å². The van der Waals surface area contributed by atoms with Gasteiger partial charge >= 0.3 is 6.18 Å². The lowest BCUT2D eigenvalue weighted by Gasteiger charge is -2.37. The summed E-state index contributed by atoms with van der Waals surface area (Å²) in [6.07, 6.45) is -3.18. The van der Waals surface area contributed by atoms with Crippen LogP contribution in [0.1, 0.15) is 44.7 Å². The fraction of sp³-hybridized carbons (Fsp3) is 0.588. The lowest BCUT2D eigenvalue weighted by Crippen LogP contribution is -2.56. The van der Waals surface area contributed by atoms with E-state index in [9.17, 15) is 18.0 Å². The maximum absolute atomic E-state index is 13.5. The van der Waals surface area contributed by atoms with Crippen LogP contribution in [0.5, 0.6) is 0 Å². The average Bonchev–Trinajstić information content (AvgIpc) is 2.71. The zero-order valence-electron chi connectivity index (χ0n) is 13.7. The molecule has 0 bridgehead atoms. The number of nitrogens with zero attached hydrogens (tertiary/aromatic N) is 1. The highest BCUT2D eigenvalue weighted by Gasteiger charge is 2.51. The number of carbonyl (C=O) groups is 1. The van der Waals surface area contributed by atoms with E-state index in [0.717, 1.165) is 22.6 Å². The van der Waals surface area contributed by atoms with E-state index in [1.54, 1.807) is 13.8 Å². The lowest BCUT2D eigenvalue weighted by atomic mass is 9.97. The van der Waals surface area contributed by atoms with Gasteiger partial charge in [-0.05, 0) is 44.2 Å².